The van der Waals surface area contributed by atoms with Gasteiger partial charge in [0.2, 0.25) is 5.70 Å². The quantitative estimate of drug-likeness (QED) is 0.237. The van der Waals surface area contributed by atoms with E-state index in [9.17, 15) is 13.9 Å². The maximum atomic E-state index is 13.4. The molecule has 172 valence electrons. The molecular formula is C26H26F2N2O2S. The van der Waals surface area contributed by atoms with Gasteiger partial charge in [0.25, 0.3) is 0 Å². The summed E-state index contributed by atoms with van der Waals surface area (Å²) in [7, 11) is 0. The molecule has 33 heavy (non-hydrogen) atoms. The molecule has 3 aromatic rings. The van der Waals surface area contributed by atoms with E-state index in [-0.39, 0.29) is 27.6 Å². The summed E-state index contributed by atoms with van der Waals surface area (Å²) in [6.45, 7) is 3.85. The van der Waals surface area contributed by atoms with Crippen LogP contribution in [0.5, 0.6) is 5.75 Å². The van der Waals surface area contributed by atoms with E-state index < -0.39 is 6.61 Å². The van der Waals surface area contributed by atoms with E-state index in [1.165, 1.54) is 24.3 Å². The van der Waals surface area contributed by atoms with Crippen molar-refractivity contribution >= 4 is 28.7 Å². The Kier molecular flexibility index (Phi) is 7.76. The first-order valence-electron chi connectivity index (χ1n) is 10.5. The molecule has 2 aromatic carbocycles. The Bertz CT molecular complexity index is 1110. The number of ether oxygens (including phenoxy) is 1. The zero-order valence-electron chi connectivity index (χ0n) is 18.7. The molecular weight excluding hydrogens is 442 g/mol. The second-order valence-electron chi connectivity index (χ2n) is 8.49. The highest BCUT2D eigenvalue weighted by molar-refractivity contribution is 7.81. The fraction of sp³-hybridized carbons (Fsp3) is 0.231. The summed E-state index contributed by atoms with van der Waals surface area (Å²) in [5.41, 5.74) is 2.66. The topological polar surface area (TPSA) is 48.2 Å². The zero-order chi connectivity index (χ0) is 24.0. The van der Waals surface area contributed by atoms with Crippen LogP contribution in [0, 0.1) is 0 Å². The number of pyridine rings is 1. The molecule has 0 amide bonds. The van der Waals surface area contributed by atoms with Crippen LogP contribution in [0.1, 0.15) is 37.5 Å². The Hall–Kier alpha value is -3.32. The lowest BCUT2D eigenvalue weighted by atomic mass is 9.88. The van der Waals surface area contributed by atoms with E-state index in [1.54, 1.807) is 17.0 Å². The number of alkyl halides is 2. The first-order valence-corrected chi connectivity index (χ1v) is 10.9. The number of thiocarbonyl (C=S) groups is 1. The number of hydrogen-bond donors (Lipinski definition) is 1. The van der Waals surface area contributed by atoms with Gasteiger partial charge in [-0.25, -0.2) is 0 Å². The van der Waals surface area contributed by atoms with Gasteiger partial charge in [-0.2, -0.15) is 13.3 Å². The van der Waals surface area contributed by atoms with Gasteiger partial charge in [0, 0.05) is 18.7 Å². The molecule has 7 heteroatoms. The van der Waals surface area contributed by atoms with E-state index in [4.69, 9.17) is 12.2 Å². The number of benzene rings is 2. The van der Waals surface area contributed by atoms with Gasteiger partial charge in [0.1, 0.15) is 5.75 Å². The largest absolute Gasteiger partial charge is 0.867 e. The van der Waals surface area contributed by atoms with Crippen LogP contribution in [-0.4, -0.2) is 11.6 Å². The molecule has 4 nitrogen and oxygen atoms in total. The number of aromatic nitrogens is 1. The maximum absolute atomic E-state index is 13.4. The number of halogens is 2. The summed E-state index contributed by atoms with van der Waals surface area (Å²) in [5, 5.41) is 16.6. The van der Waals surface area contributed by atoms with Crippen molar-refractivity contribution in [3.63, 3.8) is 0 Å². The van der Waals surface area contributed by atoms with Gasteiger partial charge in [-0.15, -0.1) is 0 Å². The predicted molar refractivity (Wildman–Crippen MR) is 127 cm³/mol. The SMILES string of the molecule is CC(C)(C)c1cc[n+](C(C(=S)NCc2ccccc2)=C([O-])c2ccc(OC(F)F)cc2)cc1. The second kappa shape index (κ2) is 10.5. The van der Waals surface area contributed by atoms with Gasteiger partial charge in [0.05, 0.1) is 0 Å². The van der Waals surface area contributed by atoms with Crippen LogP contribution in [0.15, 0.2) is 79.1 Å². The van der Waals surface area contributed by atoms with Gasteiger partial charge < -0.3 is 15.2 Å². The van der Waals surface area contributed by atoms with Crippen molar-refractivity contribution in [3.8, 4) is 5.75 Å². The minimum absolute atomic E-state index is 0.0185. The summed E-state index contributed by atoms with van der Waals surface area (Å²) in [6.07, 6.45) is 3.61. The monoisotopic (exact) mass is 468 g/mol. The Labute approximate surface area is 198 Å². The van der Waals surface area contributed by atoms with E-state index in [0.717, 1.165) is 11.1 Å². The van der Waals surface area contributed by atoms with Crippen LogP contribution in [0.2, 0.25) is 0 Å². The molecule has 0 atom stereocenters. The van der Waals surface area contributed by atoms with Crippen LogP contribution in [-0.2, 0) is 12.0 Å². The number of nitrogens with zero attached hydrogens (tertiary/aromatic N) is 1. The Morgan fingerprint density at radius 1 is 1.00 bits per heavy atom. The normalized spacial score (nSPS) is 12.3. The summed E-state index contributed by atoms with van der Waals surface area (Å²) >= 11 is 5.61. The minimum atomic E-state index is -2.93. The van der Waals surface area contributed by atoms with Gasteiger partial charge in [0.15, 0.2) is 17.4 Å². The molecule has 0 bridgehead atoms. The lowest BCUT2D eigenvalue weighted by Crippen LogP contribution is -2.42. The molecule has 1 heterocycles. The van der Waals surface area contributed by atoms with Crippen LogP contribution in [0.4, 0.5) is 8.78 Å². The summed E-state index contributed by atoms with van der Waals surface area (Å²) in [4.78, 5) is 0.283. The fourth-order valence-electron chi connectivity index (χ4n) is 3.20. The molecule has 0 fully saturated rings. The molecule has 0 aliphatic carbocycles. The molecule has 0 saturated carbocycles. The second-order valence-corrected chi connectivity index (χ2v) is 8.90. The van der Waals surface area contributed by atoms with E-state index in [2.05, 4.69) is 30.8 Å². The average Bonchev–Trinajstić information content (AvgIpc) is 2.78. The molecule has 1 N–H and O–H groups in total. The third kappa shape index (κ3) is 6.58. The molecule has 1 aromatic heterocycles. The van der Waals surface area contributed by atoms with Crippen molar-refractivity contribution in [1.82, 2.24) is 5.32 Å². The third-order valence-corrected chi connectivity index (χ3v) is 5.36. The van der Waals surface area contributed by atoms with Crippen molar-refractivity contribution in [2.24, 2.45) is 0 Å². The van der Waals surface area contributed by atoms with Gasteiger partial charge >= 0.3 is 6.61 Å². The van der Waals surface area contributed by atoms with Gasteiger partial charge in [-0.1, -0.05) is 75.5 Å². The minimum Gasteiger partial charge on any atom is -0.867 e. The first kappa shape index (κ1) is 24.3. The van der Waals surface area contributed by atoms with Crippen molar-refractivity contribution < 1.29 is 23.2 Å². The Morgan fingerprint density at radius 3 is 2.15 bits per heavy atom. The highest BCUT2D eigenvalue weighted by Gasteiger charge is 2.21. The molecule has 3 rings (SSSR count). The lowest BCUT2D eigenvalue weighted by molar-refractivity contribution is -0.578. The third-order valence-electron chi connectivity index (χ3n) is 5.02. The Morgan fingerprint density at radius 2 is 1.61 bits per heavy atom. The van der Waals surface area contributed by atoms with Crippen molar-refractivity contribution in [3.05, 3.63) is 95.8 Å². The zero-order valence-corrected chi connectivity index (χ0v) is 19.5. The standard InChI is InChI=1S/C26H26F2N2O2S/c1-26(2,3)20-13-15-30(16-14-20)22(24(33)29-17-18-7-5-4-6-8-18)23(31)19-9-11-21(12-10-19)32-25(27)28/h4-16,25H,17H2,1-3H3,(H-,29,31,33). The van der Waals surface area contributed by atoms with E-state index >= 15 is 0 Å². The van der Waals surface area contributed by atoms with Crippen LogP contribution >= 0.6 is 12.2 Å². The molecule has 0 saturated heterocycles. The first-order chi connectivity index (χ1) is 15.6. The highest BCUT2D eigenvalue weighted by Crippen LogP contribution is 2.22. The fourth-order valence-corrected chi connectivity index (χ4v) is 3.47. The highest BCUT2D eigenvalue weighted by atomic mass is 32.1. The summed E-state index contributed by atoms with van der Waals surface area (Å²) in [5.74, 6) is -0.354. The number of nitrogens with one attached hydrogen (secondary N) is 1. The lowest BCUT2D eigenvalue weighted by Gasteiger charge is -2.20. The van der Waals surface area contributed by atoms with E-state index in [0.29, 0.717) is 12.1 Å². The number of rotatable bonds is 7. The van der Waals surface area contributed by atoms with Crippen molar-refractivity contribution in [2.45, 2.75) is 39.3 Å². The van der Waals surface area contributed by atoms with Gasteiger partial charge in [-0.05, 0) is 40.0 Å². The van der Waals surface area contributed by atoms with Crippen LogP contribution in [0.25, 0.3) is 11.5 Å². The summed E-state index contributed by atoms with van der Waals surface area (Å²) < 4.78 is 31.0. The van der Waals surface area contributed by atoms with Crippen LogP contribution < -0.4 is 19.7 Å². The molecule has 0 radical (unpaired) electrons. The van der Waals surface area contributed by atoms with E-state index in [1.807, 2.05) is 42.5 Å². The Balaban J connectivity index is 1.97. The van der Waals surface area contributed by atoms with Crippen molar-refractivity contribution in [2.75, 3.05) is 0 Å². The summed E-state index contributed by atoms with van der Waals surface area (Å²) in [6, 6.07) is 19.2. The average molecular weight is 469 g/mol. The predicted octanol–water partition coefficient (Wildman–Crippen LogP) is 4.68. The maximum Gasteiger partial charge on any atom is 0.387 e. The molecule has 0 aliphatic heterocycles. The molecule has 0 spiro atoms. The number of hydrogen-bond acceptors (Lipinski definition) is 3. The van der Waals surface area contributed by atoms with Gasteiger partial charge in [-0.3, -0.25) is 0 Å². The smallest absolute Gasteiger partial charge is 0.387 e. The van der Waals surface area contributed by atoms with Crippen LogP contribution in [0.3, 0.4) is 0 Å². The van der Waals surface area contributed by atoms with Crippen molar-refractivity contribution in [1.29, 1.82) is 0 Å². The molecule has 0 aliphatic rings. The molecule has 0 unspecified atom stereocenters.